The van der Waals surface area contributed by atoms with Crippen LogP contribution in [0.15, 0.2) is 18.2 Å². The van der Waals surface area contributed by atoms with Crippen LogP contribution in [0, 0.1) is 11.2 Å². The second-order valence-electron chi connectivity index (χ2n) is 6.01. The van der Waals surface area contributed by atoms with Crippen LogP contribution in [0.5, 0.6) is 5.75 Å². The van der Waals surface area contributed by atoms with Gasteiger partial charge in [-0.1, -0.05) is 19.3 Å². The minimum absolute atomic E-state index is 0.0442. The van der Waals surface area contributed by atoms with E-state index in [2.05, 4.69) is 0 Å². The summed E-state index contributed by atoms with van der Waals surface area (Å²) in [6.07, 6.45) is 8.14. The van der Waals surface area contributed by atoms with Crippen molar-refractivity contribution >= 4 is 5.97 Å². The highest BCUT2D eigenvalue weighted by molar-refractivity contribution is 5.90. The molecule has 1 spiro atoms. The maximum absolute atomic E-state index is 13.3. The summed E-state index contributed by atoms with van der Waals surface area (Å²) in [5.74, 6) is -1.36. The number of carboxylic acid groups (broad SMARTS) is 1. The Balaban J connectivity index is 1.81. The monoisotopic (exact) mass is 278 g/mol. The lowest BCUT2D eigenvalue weighted by atomic mass is 9.58. The number of ether oxygens (including phenoxy) is 1. The Morgan fingerprint density at radius 1 is 1.25 bits per heavy atom. The molecule has 1 atom stereocenters. The van der Waals surface area contributed by atoms with Crippen LogP contribution in [0.1, 0.15) is 55.3 Å². The number of rotatable bonds is 3. The van der Waals surface area contributed by atoms with Gasteiger partial charge in [0, 0.05) is 11.5 Å². The van der Waals surface area contributed by atoms with E-state index in [1.807, 2.05) is 0 Å². The largest absolute Gasteiger partial charge is 0.489 e. The molecule has 2 aliphatic carbocycles. The van der Waals surface area contributed by atoms with Crippen molar-refractivity contribution in [3.8, 4) is 5.75 Å². The molecule has 1 unspecified atom stereocenters. The quantitative estimate of drug-likeness (QED) is 0.908. The molecule has 2 fully saturated rings. The molecule has 0 radical (unpaired) electrons. The van der Waals surface area contributed by atoms with Gasteiger partial charge in [-0.2, -0.15) is 0 Å². The van der Waals surface area contributed by atoms with Gasteiger partial charge in [0.2, 0.25) is 0 Å². The lowest BCUT2D eigenvalue weighted by molar-refractivity contribution is -0.0707. The Bertz CT molecular complexity index is 520. The van der Waals surface area contributed by atoms with E-state index in [1.54, 1.807) is 0 Å². The van der Waals surface area contributed by atoms with Crippen molar-refractivity contribution < 1.29 is 19.0 Å². The van der Waals surface area contributed by atoms with E-state index in [0.717, 1.165) is 31.7 Å². The first kappa shape index (κ1) is 13.4. The van der Waals surface area contributed by atoms with Gasteiger partial charge in [-0.25, -0.2) is 9.18 Å². The summed E-state index contributed by atoms with van der Waals surface area (Å²) in [5, 5.41) is 9.16. The van der Waals surface area contributed by atoms with Crippen LogP contribution in [0.4, 0.5) is 4.39 Å². The highest BCUT2D eigenvalue weighted by atomic mass is 19.1. The Hall–Kier alpha value is -1.58. The van der Waals surface area contributed by atoms with Crippen LogP contribution in [0.2, 0.25) is 0 Å². The molecule has 3 nitrogen and oxygen atoms in total. The molecule has 1 aromatic rings. The second-order valence-corrected chi connectivity index (χ2v) is 6.01. The van der Waals surface area contributed by atoms with Crippen molar-refractivity contribution in [1.82, 2.24) is 0 Å². The Labute approximate surface area is 117 Å². The molecular weight excluding hydrogens is 259 g/mol. The van der Waals surface area contributed by atoms with Crippen molar-refractivity contribution in [1.29, 1.82) is 0 Å². The summed E-state index contributed by atoms with van der Waals surface area (Å²) < 4.78 is 19.2. The summed E-state index contributed by atoms with van der Waals surface area (Å²) in [6.45, 7) is 0. The molecule has 0 aliphatic heterocycles. The molecule has 0 aromatic heterocycles. The zero-order valence-corrected chi connectivity index (χ0v) is 11.4. The summed E-state index contributed by atoms with van der Waals surface area (Å²) in [5.41, 5.74) is 0.254. The van der Waals surface area contributed by atoms with E-state index < -0.39 is 11.8 Å². The summed E-state index contributed by atoms with van der Waals surface area (Å²) >= 11 is 0. The lowest BCUT2D eigenvalue weighted by Gasteiger charge is -2.51. The Morgan fingerprint density at radius 3 is 2.60 bits per heavy atom. The average molecular weight is 278 g/mol. The molecule has 2 aliphatic rings. The minimum atomic E-state index is -1.07. The third-order valence-electron chi connectivity index (χ3n) is 4.88. The molecule has 20 heavy (non-hydrogen) atoms. The van der Waals surface area contributed by atoms with Gasteiger partial charge in [-0.3, -0.25) is 0 Å². The van der Waals surface area contributed by atoms with E-state index in [4.69, 9.17) is 9.84 Å². The first-order valence-corrected chi connectivity index (χ1v) is 7.30. The van der Waals surface area contributed by atoms with Gasteiger partial charge in [0.05, 0.1) is 0 Å². The SMILES string of the molecule is O=C(O)c1ccc(F)cc1OC1CCC12CCCCC2. The third-order valence-corrected chi connectivity index (χ3v) is 4.88. The van der Waals surface area contributed by atoms with E-state index in [0.29, 0.717) is 0 Å². The molecular formula is C16H19FO3. The van der Waals surface area contributed by atoms with Crippen LogP contribution in [0.25, 0.3) is 0 Å². The van der Waals surface area contributed by atoms with Crippen LogP contribution in [-0.2, 0) is 0 Å². The molecule has 1 N–H and O–H groups in total. The summed E-state index contributed by atoms with van der Waals surface area (Å²) in [7, 11) is 0. The van der Waals surface area contributed by atoms with Gasteiger partial charge in [-0.15, -0.1) is 0 Å². The smallest absolute Gasteiger partial charge is 0.339 e. The number of hydrogen-bond acceptors (Lipinski definition) is 2. The number of hydrogen-bond donors (Lipinski definition) is 1. The predicted molar refractivity (Wildman–Crippen MR) is 72.5 cm³/mol. The maximum Gasteiger partial charge on any atom is 0.339 e. The van der Waals surface area contributed by atoms with Crippen molar-refractivity contribution in [3.05, 3.63) is 29.6 Å². The molecule has 0 saturated heterocycles. The van der Waals surface area contributed by atoms with Crippen molar-refractivity contribution in [2.75, 3.05) is 0 Å². The summed E-state index contributed by atoms with van der Waals surface area (Å²) in [4.78, 5) is 11.2. The number of aromatic carboxylic acids is 1. The highest BCUT2D eigenvalue weighted by Crippen LogP contribution is 2.53. The first-order valence-electron chi connectivity index (χ1n) is 7.30. The normalized spacial score (nSPS) is 24.1. The number of halogens is 1. The lowest BCUT2D eigenvalue weighted by Crippen LogP contribution is -2.49. The molecule has 4 heteroatoms. The van der Waals surface area contributed by atoms with Gasteiger partial charge < -0.3 is 9.84 Å². The molecule has 0 amide bonds. The fourth-order valence-electron chi connectivity index (χ4n) is 3.61. The molecule has 108 valence electrons. The standard InChI is InChI=1S/C16H19FO3/c17-11-4-5-12(15(18)19)13(10-11)20-14-6-9-16(14)7-2-1-3-8-16/h4-5,10,14H,1-3,6-9H2,(H,18,19). The third kappa shape index (κ3) is 2.28. The van der Waals surface area contributed by atoms with Gasteiger partial charge in [0.25, 0.3) is 0 Å². The van der Waals surface area contributed by atoms with E-state index >= 15 is 0 Å². The van der Waals surface area contributed by atoms with Crippen molar-refractivity contribution in [3.63, 3.8) is 0 Å². The van der Waals surface area contributed by atoms with E-state index in [9.17, 15) is 9.18 Å². The topological polar surface area (TPSA) is 46.5 Å². The predicted octanol–water partition coefficient (Wildman–Crippen LogP) is 4.02. The highest BCUT2D eigenvalue weighted by Gasteiger charge is 2.48. The zero-order valence-electron chi connectivity index (χ0n) is 11.4. The van der Waals surface area contributed by atoms with Crippen LogP contribution in [0.3, 0.4) is 0 Å². The Kier molecular flexibility index (Phi) is 3.40. The average Bonchev–Trinajstić information content (AvgIpc) is 2.44. The fraction of sp³-hybridized carbons (Fsp3) is 0.562. The number of benzene rings is 1. The zero-order chi connectivity index (χ0) is 14.2. The molecule has 3 rings (SSSR count). The van der Waals surface area contributed by atoms with Crippen LogP contribution in [-0.4, -0.2) is 17.2 Å². The molecule has 1 aromatic carbocycles. The van der Waals surface area contributed by atoms with Crippen LogP contribution >= 0.6 is 0 Å². The molecule has 0 heterocycles. The number of carbonyl (C=O) groups is 1. The van der Waals surface area contributed by atoms with Gasteiger partial charge in [0.15, 0.2) is 0 Å². The van der Waals surface area contributed by atoms with Crippen LogP contribution < -0.4 is 4.74 Å². The van der Waals surface area contributed by atoms with E-state index in [1.165, 1.54) is 31.4 Å². The Morgan fingerprint density at radius 2 is 2.00 bits per heavy atom. The first-order chi connectivity index (χ1) is 9.61. The molecule has 0 bridgehead atoms. The van der Waals surface area contributed by atoms with Crippen molar-refractivity contribution in [2.45, 2.75) is 51.0 Å². The minimum Gasteiger partial charge on any atom is -0.489 e. The summed E-state index contributed by atoms with van der Waals surface area (Å²) in [6, 6.07) is 3.63. The van der Waals surface area contributed by atoms with Gasteiger partial charge >= 0.3 is 5.97 Å². The maximum atomic E-state index is 13.3. The second kappa shape index (κ2) is 5.08. The van der Waals surface area contributed by atoms with Crippen molar-refractivity contribution in [2.24, 2.45) is 5.41 Å². The fourth-order valence-corrected chi connectivity index (χ4v) is 3.61. The number of carboxylic acids is 1. The van der Waals surface area contributed by atoms with E-state index in [-0.39, 0.29) is 22.8 Å². The van der Waals surface area contributed by atoms with Gasteiger partial charge in [0.1, 0.15) is 23.2 Å². The molecule has 2 saturated carbocycles. The van der Waals surface area contributed by atoms with Gasteiger partial charge in [-0.05, 0) is 37.8 Å².